The molecule has 0 fully saturated rings. The number of hydrogen-bond donors (Lipinski definition) is 1. The van der Waals surface area contributed by atoms with Crippen molar-refractivity contribution in [2.75, 3.05) is 13.2 Å². The summed E-state index contributed by atoms with van der Waals surface area (Å²) in [5.41, 5.74) is 4.31. The summed E-state index contributed by atoms with van der Waals surface area (Å²) < 4.78 is 5.90. The number of unbranched alkanes of at least 4 members (excludes halogenated alkanes) is 1. The number of carbonyl (C=O) groups is 2. The molecule has 196 valence electrons. The minimum atomic E-state index is -0.654. The van der Waals surface area contributed by atoms with Crippen LogP contribution in [0, 0.1) is 6.92 Å². The smallest absolute Gasteiger partial charge is 0.261 e. The van der Waals surface area contributed by atoms with Crippen molar-refractivity contribution in [1.82, 2.24) is 10.2 Å². The summed E-state index contributed by atoms with van der Waals surface area (Å²) in [6, 6.07) is 25.1. The van der Waals surface area contributed by atoms with E-state index in [9.17, 15) is 9.59 Å². The van der Waals surface area contributed by atoms with Gasteiger partial charge in [0.05, 0.1) is 0 Å². The van der Waals surface area contributed by atoms with E-state index in [0.29, 0.717) is 31.2 Å². The fourth-order valence-electron chi connectivity index (χ4n) is 4.24. The topological polar surface area (TPSA) is 58.6 Å². The minimum Gasteiger partial charge on any atom is -0.484 e. The Morgan fingerprint density at radius 3 is 2.27 bits per heavy atom. The van der Waals surface area contributed by atoms with Gasteiger partial charge in [-0.15, -0.1) is 0 Å². The van der Waals surface area contributed by atoms with Gasteiger partial charge in [-0.25, -0.2) is 0 Å². The van der Waals surface area contributed by atoms with Gasteiger partial charge in [-0.3, -0.25) is 9.59 Å². The Balaban J connectivity index is 1.86. The number of hydrogen-bond acceptors (Lipinski definition) is 3. The van der Waals surface area contributed by atoms with Crippen molar-refractivity contribution >= 4 is 11.8 Å². The van der Waals surface area contributed by atoms with Gasteiger partial charge < -0.3 is 15.0 Å². The van der Waals surface area contributed by atoms with Gasteiger partial charge in [0.1, 0.15) is 11.8 Å². The van der Waals surface area contributed by atoms with Gasteiger partial charge in [0.25, 0.3) is 5.91 Å². The Morgan fingerprint density at radius 1 is 0.919 bits per heavy atom. The third-order valence-corrected chi connectivity index (χ3v) is 6.45. The van der Waals surface area contributed by atoms with E-state index in [1.807, 2.05) is 79.7 Å². The van der Waals surface area contributed by atoms with E-state index in [1.165, 1.54) is 5.56 Å². The molecule has 5 heteroatoms. The summed E-state index contributed by atoms with van der Waals surface area (Å²) in [6.07, 6.45) is 2.31. The maximum Gasteiger partial charge on any atom is 0.261 e. The molecule has 0 aromatic heterocycles. The molecule has 0 saturated carbocycles. The van der Waals surface area contributed by atoms with Crippen LogP contribution in [0.4, 0.5) is 0 Å². The van der Waals surface area contributed by atoms with Crippen molar-refractivity contribution in [3.63, 3.8) is 0 Å². The van der Waals surface area contributed by atoms with Gasteiger partial charge in [-0.1, -0.05) is 99.5 Å². The van der Waals surface area contributed by atoms with Crippen LogP contribution in [0.1, 0.15) is 61.8 Å². The molecule has 3 rings (SSSR count). The summed E-state index contributed by atoms with van der Waals surface area (Å²) in [5.74, 6) is 0.700. The van der Waals surface area contributed by atoms with Crippen LogP contribution in [0.3, 0.4) is 0 Å². The molecule has 1 atom stereocenters. The third-order valence-electron chi connectivity index (χ3n) is 6.45. The van der Waals surface area contributed by atoms with Crippen LogP contribution in [0.2, 0.25) is 0 Å². The van der Waals surface area contributed by atoms with Crippen molar-refractivity contribution < 1.29 is 14.3 Å². The van der Waals surface area contributed by atoms with Crippen molar-refractivity contribution in [1.29, 1.82) is 0 Å². The Bertz CT molecular complexity index is 1130. The second-order valence-corrected chi connectivity index (χ2v) is 9.87. The zero-order valence-corrected chi connectivity index (χ0v) is 22.6. The number of nitrogens with one attached hydrogen (secondary N) is 1. The first-order valence-corrected chi connectivity index (χ1v) is 13.3. The van der Waals surface area contributed by atoms with Crippen molar-refractivity contribution in [2.24, 2.45) is 0 Å². The van der Waals surface area contributed by atoms with Crippen LogP contribution < -0.4 is 10.1 Å². The first-order valence-electron chi connectivity index (χ1n) is 13.3. The quantitative estimate of drug-likeness (QED) is 0.291. The lowest BCUT2D eigenvalue weighted by molar-refractivity contribution is -0.142. The SMILES string of the molecule is CCCCNC(=O)[C@H](Cc1ccccc1)N(Cc1cccc(C)c1)C(=O)COc1ccc(C(C)C)cc1. The van der Waals surface area contributed by atoms with Crippen LogP contribution in [0.15, 0.2) is 78.9 Å². The van der Waals surface area contributed by atoms with E-state index in [0.717, 1.165) is 29.5 Å². The second kappa shape index (κ2) is 14.2. The van der Waals surface area contributed by atoms with E-state index < -0.39 is 6.04 Å². The van der Waals surface area contributed by atoms with Crippen LogP contribution in [0.25, 0.3) is 0 Å². The summed E-state index contributed by atoms with van der Waals surface area (Å²) >= 11 is 0. The summed E-state index contributed by atoms with van der Waals surface area (Å²) in [7, 11) is 0. The van der Waals surface area contributed by atoms with Crippen molar-refractivity contribution in [2.45, 2.75) is 65.5 Å². The summed E-state index contributed by atoms with van der Waals surface area (Å²) in [5, 5.41) is 3.05. The van der Waals surface area contributed by atoms with Crippen LogP contribution in [0.5, 0.6) is 5.75 Å². The van der Waals surface area contributed by atoms with Gasteiger partial charge in [0.15, 0.2) is 6.61 Å². The number of aryl methyl sites for hydroxylation is 1. The highest BCUT2D eigenvalue weighted by Crippen LogP contribution is 2.20. The van der Waals surface area contributed by atoms with E-state index >= 15 is 0 Å². The molecule has 3 aromatic carbocycles. The van der Waals surface area contributed by atoms with E-state index in [2.05, 4.69) is 32.2 Å². The first-order chi connectivity index (χ1) is 17.9. The Hall–Kier alpha value is -3.60. The number of carbonyl (C=O) groups excluding carboxylic acids is 2. The lowest BCUT2D eigenvalue weighted by atomic mass is 10.0. The van der Waals surface area contributed by atoms with E-state index in [-0.39, 0.29) is 18.4 Å². The molecule has 1 N–H and O–H groups in total. The first kappa shape index (κ1) is 28.0. The molecule has 3 aromatic rings. The molecule has 37 heavy (non-hydrogen) atoms. The molecule has 2 amide bonds. The van der Waals surface area contributed by atoms with Gasteiger partial charge >= 0.3 is 0 Å². The zero-order valence-electron chi connectivity index (χ0n) is 22.6. The van der Waals surface area contributed by atoms with Gasteiger partial charge in [-0.05, 0) is 48.1 Å². The minimum absolute atomic E-state index is 0.139. The summed E-state index contributed by atoms with van der Waals surface area (Å²) in [4.78, 5) is 28.8. The lowest BCUT2D eigenvalue weighted by Gasteiger charge is -2.31. The predicted octanol–water partition coefficient (Wildman–Crippen LogP) is 6.05. The Morgan fingerprint density at radius 2 is 1.62 bits per heavy atom. The normalized spacial score (nSPS) is 11.7. The maximum atomic E-state index is 13.7. The Kier molecular flexibility index (Phi) is 10.8. The second-order valence-electron chi connectivity index (χ2n) is 9.87. The molecule has 0 aliphatic rings. The average molecular weight is 501 g/mol. The molecule has 0 bridgehead atoms. The van der Waals surface area contributed by atoms with E-state index in [1.54, 1.807) is 4.90 Å². The van der Waals surface area contributed by atoms with Gasteiger partial charge in [0, 0.05) is 19.5 Å². The molecule has 0 unspecified atom stereocenters. The number of rotatable bonds is 13. The molecular formula is C32H40N2O3. The van der Waals surface area contributed by atoms with Crippen molar-refractivity contribution in [3.05, 3.63) is 101 Å². The molecule has 0 aliphatic carbocycles. The predicted molar refractivity (Wildman–Crippen MR) is 150 cm³/mol. The monoisotopic (exact) mass is 500 g/mol. The number of amides is 2. The molecular weight excluding hydrogens is 460 g/mol. The number of ether oxygens (including phenoxy) is 1. The van der Waals surface area contributed by atoms with Crippen LogP contribution >= 0.6 is 0 Å². The van der Waals surface area contributed by atoms with Crippen LogP contribution in [-0.2, 0) is 22.6 Å². The molecule has 0 radical (unpaired) electrons. The standard InChI is InChI=1S/C32H40N2O3/c1-5-6-19-33-32(36)30(21-26-12-8-7-9-13-26)34(22-27-14-10-11-25(4)20-27)31(35)23-37-29-17-15-28(16-18-29)24(2)3/h7-18,20,24,30H,5-6,19,21-23H2,1-4H3,(H,33,36)/t30-/m0/s1. The number of benzene rings is 3. The molecule has 0 saturated heterocycles. The highest BCUT2D eigenvalue weighted by atomic mass is 16.5. The zero-order chi connectivity index (χ0) is 26.6. The molecule has 0 spiro atoms. The summed E-state index contributed by atoms with van der Waals surface area (Å²) in [6.45, 7) is 9.17. The fourth-order valence-corrected chi connectivity index (χ4v) is 4.24. The third kappa shape index (κ3) is 8.78. The van der Waals surface area contributed by atoms with Crippen molar-refractivity contribution in [3.8, 4) is 5.75 Å². The lowest BCUT2D eigenvalue weighted by Crippen LogP contribution is -2.51. The highest BCUT2D eigenvalue weighted by Gasteiger charge is 2.30. The largest absolute Gasteiger partial charge is 0.484 e. The molecule has 0 aliphatic heterocycles. The Labute approximate surface area is 221 Å². The van der Waals surface area contributed by atoms with Crippen LogP contribution in [-0.4, -0.2) is 35.9 Å². The maximum absolute atomic E-state index is 13.7. The average Bonchev–Trinajstić information content (AvgIpc) is 2.90. The fraction of sp³-hybridized carbons (Fsp3) is 0.375. The molecule has 5 nitrogen and oxygen atoms in total. The van der Waals surface area contributed by atoms with Gasteiger partial charge in [-0.2, -0.15) is 0 Å². The van der Waals surface area contributed by atoms with Gasteiger partial charge in [0.2, 0.25) is 5.91 Å². The highest BCUT2D eigenvalue weighted by molar-refractivity contribution is 5.88. The molecule has 0 heterocycles. The van der Waals surface area contributed by atoms with E-state index in [4.69, 9.17) is 4.74 Å². The number of nitrogens with zero attached hydrogens (tertiary/aromatic N) is 1.